The van der Waals surface area contributed by atoms with E-state index in [1.54, 1.807) is 24.3 Å². The lowest BCUT2D eigenvalue weighted by atomic mass is 9.87. The quantitative estimate of drug-likeness (QED) is 0.616. The molecule has 0 amide bonds. The summed E-state index contributed by atoms with van der Waals surface area (Å²) >= 11 is 0. The van der Waals surface area contributed by atoms with Gasteiger partial charge in [-0.2, -0.15) is 8.42 Å². The second-order valence-corrected chi connectivity index (χ2v) is 6.89. The number of rotatable bonds is 5. The molecule has 6 heteroatoms. The molecule has 0 saturated heterocycles. The van der Waals surface area contributed by atoms with Crippen molar-refractivity contribution in [2.75, 3.05) is 7.11 Å². The molecule has 0 unspecified atom stereocenters. The molecule has 1 aliphatic rings. The van der Waals surface area contributed by atoms with E-state index in [0.29, 0.717) is 18.4 Å². The van der Waals surface area contributed by atoms with Crippen LogP contribution in [-0.4, -0.2) is 27.6 Å². The van der Waals surface area contributed by atoms with Gasteiger partial charge in [0.15, 0.2) is 0 Å². The van der Waals surface area contributed by atoms with E-state index in [4.69, 9.17) is 8.92 Å². The molecule has 0 radical (unpaired) electrons. The van der Waals surface area contributed by atoms with E-state index < -0.39 is 16.2 Å². The topological polar surface area (TPSA) is 69.7 Å². The van der Waals surface area contributed by atoms with Crippen molar-refractivity contribution < 1.29 is 22.1 Å². The Kier molecular flexibility index (Phi) is 5.36. The molecule has 1 aromatic carbocycles. The van der Waals surface area contributed by atoms with Crippen molar-refractivity contribution in [3.63, 3.8) is 0 Å². The Labute approximate surface area is 125 Å². The lowest BCUT2D eigenvalue weighted by Gasteiger charge is -2.26. The van der Waals surface area contributed by atoms with Crippen LogP contribution in [0.3, 0.4) is 0 Å². The monoisotopic (exact) mass is 312 g/mol. The Morgan fingerprint density at radius 1 is 1.24 bits per heavy atom. The SMILES string of the molecule is COC(=O)[C@H]1CCC[C@@H](OS(=O)(=O)Cc2ccccc2)C1. The maximum absolute atomic E-state index is 12.1. The average Bonchev–Trinajstić information content (AvgIpc) is 2.46. The molecule has 0 heterocycles. The summed E-state index contributed by atoms with van der Waals surface area (Å²) in [6.45, 7) is 0. The normalized spacial score (nSPS) is 22.7. The van der Waals surface area contributed by atoms with Gasteiger partial charge in [-0.3, -0.25) is 8.98 Å². The minimum absolute atomic E-state index is 0.146. The first-order chi connectivity index (χ1) is 10.00. The zero-order valence-corrected chi connectivity index (χ0v) is 12.8. The van der Waals surface area contributed by atoms with Crippen LogP contribution in [0.25, 0.3) is 0 Å². The first kappa shape index (κ1) is 16.0. The Bertz CT molecular complexity index is 567. The van der Waals surface area contributed by atoms with Gasteiger partial charge in [0.25, 0.3) is 10.1 Å². The predicted molar refractivity (Wildman–Crippen MR) is 77.9 cm³/mol. The van der Waals surface area contributed by atoms with Gasteiger partial charge in [0.05, 0.1) is 19.1 Å². The van der Waals surface area contributed by atoms with Crippen molar-refractivity contribution in [3.05, 3.63) is 35.9 Å². The van der Waals surface area contributed by atoms with Gasteiger partial charge in [-0.1, -0.05) is 30.3 Å². The summed E-state index contributed by atoms with van der Waals surface area (Å²) in [5.41, 5.74) is 0.692. The minimum atomic E-state index is -3.64. The number of methoxy groups -OCH3 is 1. The molecular formula is C15H20O5S. The maximum atomic E-state index is 12.1. The van der Waals surface area contributed by atoms with Crippen molar-refractivity contribution >= 4 is 16.1 Å². The van der Waals surface area contributed by atoms with Gasteiger partial charge in [0.2, 0.25) is 0 Å². The standard InChI is InChI=1S/C15H20O5S/c1-19-15(16)13-8-5-9-14(10-13)20-21(17,18)11-12-6-3-2-4-7-12/h2-4,6-7,13-14H,5,8-11H2,1H3/t13-,14+/m0/s1. The first-order valence-corrected chi connectivity index (χ1v) is 8.60. The van der Waals surface area contributed by atoms with Gasteiger partial charge in [0, 0.05) is 0 Å². The van der Waals surface area contributed by atoms with Crippen LogP contribution in [-0.2, 0) is 29.6 Å². The minimum Gasteiger partial charge on any atom is -0.469 e. The molecule has 116 valence electrons. The Morgan fingerprint density at radius 2 is 1.95 bits per heavy atom. The summed E-state index contributed by atoms with van der Waals surface area (Å²) in [6.07, 6.45) is 2.12. The summed E-state index contributed by atoms with van der Waals surface area (Å²) in [4.78, 5) is 11.5. The van der Waals surface area contributed by atoms with Crippen molar-refractivity contribution in [1.82, 2.24) is 0 Å². The Morgan fingerprint density at radius 3 is 2.62 bits per heavy atom. The molecule has 0 aliphatic heterocycles. The van der Waals surface area contributed by atoms with E-state index in [1.807, 2.05) is 6.07 Å². The third-order valence-electron chi connectivity index (χ3n) is 3.63. The number of carbonyl (C=O) groups is 1. The van der Waals surface area contributed by atoms with Crippen LogP contribution in [0.2, 0.25) is 0 Å². The highest BCUT2D eigenvalue weighted by Crippen LogP contribution is 2.28. The van der Waals surface area contributed by atoms with Gasteiger partial charge in [-0.25, -0.2) is 0 Å². The van der Waals surface area contributed by atoms with E-state index >= 15 is 0 Å². The van der Waals surface area contributed by atoms with E-state index in [9.17, 15) is 13.2 Å². The highest BCUT2D eigenvalue weighted by Gasteiger charge is 2.31. The number of benzene rings is 1. The molecule has 1 aliphatic carbocycles. The molecular weight excluding hydrogens is 292 g/mol. The van der Waals surface area contributed by atoms with Crippen LogP contribution in [0.4, 0.5) is 0 Å². The molecule has 0 spiro atoms. The Balaban J connectivity index is 1.95. The largest absolute Gasteiger partial charge is 0.469 e. The number of esters is 1. The molecule has 2 rings (SSSR count). The van der Waals surface area contributed by atoms with E-state index in [1.165, 1.54) is 7.11 Å². The van der Waals surface area contributed by atoms with E-state index in [2.05, 4.69) is 0 Å². The van der Waals surface area contributed by atoms with Crippen LogP contribution in [0.15, 0.2) is 30.3 Å². The molecule has 1 fully saturated rings. The fraction of sp³-hybridized carbons (Fsp3) is 0.533. The lowest BCUT2D eigenvalue weighted by molar-refractivity contribution is -0.147. The molecule has 5 nitrogen and oxygen atoms in total. The van der Waals surface area contributed by atoms with Gasteiger partial charge in [0.1, 0.15) is 5.75 Å². The fourth-order valence-corrected chi connectivity index (χ4v) is 3.89. The van der Waals surface area contributed by atoms with Gasteiger partial charge in [-0.05, 0) is 31.2 Å². The second kappa shape index (κ2) is 7.04. The summed E-state index contributed by atoms with van der Waals surface area (Å²) in [5, 5.41) is 0. The summed E-state index contributed by atoms with van der Waals surface area (Å²) in [7, 11) is -2.30. The van der Waals surface area contributed by atoms with Crippen molar-refractivity contribution in [2.45, 2.75) is 37.5 Å². The molecule has 0 aromatic heterocycles. The highest BCUT2D eigenvalue weighted by atomic mass is 32.2. The Hall–Kier alpha value is -1.40. The third kappa shape index (κ3) is 4.82. The smallest absolute Gasteiger partial charge is 0.308 e. The second-order valence-electron chi connectivity index (χ2n) is 5.29. The van der Waals surface area contributed by atoms with Crippen molar-refractivity contribution in [3.8, 4) is 0 Å². The average molecular weight is 312 g/mol. The highest BCUT2D eigenvalue weighted by molar-refractivity contribution is 7.85. The fourth-order valence-electron chi connectivity index (χ4n) is 2.63. The van der Waals surface area contributed by atoms with Crippen LogP contribution in [0.5, 0.6) is 0 Å². The molecule has 1 aromatic rings. The van der Waals surface area contributed by atoms with Crippen molar-refractivity contribution in [1.29, 1.82) is 0 Å². The number of ether oxygens (including phenoxy) is 1. The lowest BCUT2D eigenvalue weighted by Crippen LogP contribution is -2.30. The van der Waals surface area contributed by atoms with E-state index in [-0.39, 0.29) is 17.6 Å². The van der Waals surface area contributed by atoms with E-state index in [0.717, 1.165) is 12.8 Å². The first-order valence-electron chi connectivity index (χ1n) is 7.03. The zero-order valence-electron chi connectivity index (χ0n) is 12.0. The number of carbonyl (C=O) groups excluding carboxylic acids is 1. The van der Waals surface area contributed by atoms with Crippen molar-refractivity contribution in [2.24, 2.45) is 5.92 Å². The molecule has 1 saturated carbocycles. The van der Waals surface area contributed by atoms with Gasteiger partial charge >= 0.3 is 5.97 Å². The van der Waals surface area contributed by atoms with Crippen LogP contribution >= 0.6 is 0 Å². The molecule has 2 atom stereocenters. The van der Waals surface area contributed by atoms with Gasteiger partial charge < -0.3 is 4.74 Å². The summed E-state index contributed by atoms with van der Waals surface area (Å²) in [6, 6.07) is 8.91. The molecule has 0 N–H and O–H groups in total. The predicted octanol–water partition coefficient (Wildman–Crippen LogP) is 2.26. The summed E-state index contributed by atoms with van der Waals surface area (Å²) in [5.74, 6) is -0.697. The van der Waals surface area contributed by atoms with Crippen LogP contribution < -0.4 is 0 Å². The number of hydrogen-bond donors (Lipinski definition) is 0. The van der Waals surface area contributed by atoms with Crippen LogP contribution in [0.1, 0.15) is 31.2 Å². The molecule has 0 bridgehead atoms. The third-order valence-corrected chi connectivity index (χ3v) is 4.88. The zero-order chi connectivity index (χ0) is 15.3. The van der Waals surface area contributed by atoms with Gasteiger partial charge in [-0.15, -0.1) is 0 Å². The maximum Gasteiger partial charge on any atom is 0.308 e. The number of hydrogen-bond acceptors (Lipinski definition) is 5. The van der Waals surface area contributed by atoms with Crippen LogP contribution in [0, 0.1) is 5.92 Å². The summed E-state index contributed by atoms with van der Waals surface area (Å²) < 4.78 is 34.1. The molecule has 21 heavy (non-hydrogen) atoms.